The number of hydrogen-bond acceptors (Lipinski definition) is 10. The van der Waals surface area contributed by atoms with Crippen LogP contribution in [-0.4, -0.2) is 43.2 Å². The number of benzene rings is 1. The number of hydrogen-bond donors (Lipinski definition) is 1. The van der Waals surface area contributed by atoms with Gasteiger partial charge in [0.15, 0.2) is 22.3 Å². The number of esters is 2. The maximum absolute atomic E-state index is 12.2. The number of carbonyl (C=O) groups is 2. The summed E-state index contributed by atoms with van der Waals surface area (Å²) in [6.45, 7) is 3.13. The van der Waals surface area contributed by atoms with Gasteiger partial charge in [0.25, 0.3) is 0 Å². The van der Waals surface area contributed by atoms with Crippen molar-refractivity contribution < 1.29 is 31.9 Å². The van der Waals surface area contributed by atoms with Gasteiger partial charge in [0.2, 0.25) is 5.71 Å². The Morgan fingerprint density at radius 2 is 1.77 bits per heavy atom. The molecule has 0 bridgehead atoms. The largest absolute Gasteiger partial charge is 0.462 e. The second-order valence-electron chi connectivity index (χ2n) is 6.33. The van der Waals surface area contributed by atoms with E-state index < -0.39 is 21.8 Å². The SMILES string of the molecule is CCOC(=O)c1c(C)oc2nc(COC(=O)c3ccc(S(C)(=O)=O)cc3)nc(N)c12. The van der Waals surface area contributed by atoms with Crippen molar-refractivity contribution in [3.05, 3.63) is 47.0 Å². The number of ether oxygens (including phenoxy) is 2. The molecular weight excluding hydrogens is 414 g/mol. The molecule has 2 heterocycles. The zero-order valence-electron chi connectivity index (χ0n) is 16.5. The van der Waals surface area contributed by atoms with Gasteiger partial charge in [0.1, 0.15) is 17.1 Å². The smallest absolute Gasteiger partial charge is 0.342 e. The Morgan fingerprint density at radius 3 is 2.37 bits per heavy atom. The monoisotopic (exact) mass is 433 g/mol. The highest BCUT2D eigenvalue weighted by molar-refractivity contribution is 7.90. The minimum Gasteiger partial charge on any atom is -0.462 e. The van der Waals surface area contributed by atoms with Gasteiger partial charge in [-0.3, -0.25) is 0 Å². The number of nitrogen functional groups attached to an aromatic ring is 1. The number of furan rings is 1. The van der Waals surface area contributed by atoms with Gasteiger partial charge in [-0.05, 0) is 38.1 Å². The van der Waals surface area contributed by atoms with Crippen LogP contribution in [0.3, 0.4) is 0 Å². The Kier molecular flexibility index (Phi) is 5.74. The summed E-state index contributed by atoms with van der Waals surface area (Å²) in [5.41, 5.74) is 6.35. The van der Waals surface area contributed by atoms with Gasteiger partial charge >= 0.3 is 11.9 Å². The molecule has 3 aromatic rings. The van der Waals surface area contributed by atoms with Gasteiger partial charge < -0.3 is 19.6 Å². The number of nitrogens with zero attached hydrogens (tertiary/aromatic N) is 2. The molecule has 0 aliphatic carbocycles. The van der Waals surface area contributed by atoms with Crippen molar-refractivity contribution >= 4 is 38.7 Å². The van der Waals surface area contributed by atoms with Gasteiger partial charge in [-0.2, -0.15) is 4.98 Å². The summed E-state index contributed by atoms with van der Waals surface area (Å²) < 4.78 is 38.6. The number of anilines is 1. The Labute approximate surface area is 171 Å². The fraction of sp³-hybridized carbons (Fsp3) is 0.263. The van der Waals surface area contributed by atoms with Crippen molar-refractivity contribution in [2.75, 3.05) is 18.6 Å². The number of aromatic nitrogens is 2. The lowest BCUT2D eigenvalue weighted by atomic mass is 10.2. The Balaban J connectivity index is 1.80. The predicted molar refractivity (Wildman–Crippen MR) is 106 cm³/mol. The fourth-order valence-corrected chi connectivity index (χ4v) is 3.38. The van der Waals surface area contributed by atoms with Gasteiger partial charge in [-0.25, -0.2) is 23.0 Å². The van der Waals surface area contributed by atoms with Crippen LogP contribution in [-0.2, 0) is 25.9 Å². The topological polar surface area (TPSA) is 152 Å². The zero-order valence-corrected chi connectivity index (χ0v) is 17.3. The molecule has 0 amide bonds. The molecule has 0 unspecified atom stereocenters. The molecule has 1 aromatic carbocycles. The first-order valence-electron chi connectivity index (χ1n) is 8.81. The third-order valence-corrected chi connectivity index (χ3v) is 5.26. The summed E-state index contributed by atoms with van der Waals surface area (Å²) in [6, 6.07) is 5.32. The highest BCUT2D eigenvalue weighted by atomic mass is 32.2. The first-order chi connectivity index (χ1) is 14.1. The Hall–Kier alpha value is -3.47. The summed E-state index contributed by atoms with van der Waals surface area (Å²) >= 11 is 0. The third kappa shape index (κ3) is 4.25. The Morgan fingerprint density at radius 1 is 1.10 bits per heavy atom. The molecule has 11 heteroatoms. The van der Waals surface area contributed by atoms with E-state index in [0.717, 1.165) is 6.26 Å². The molecule has 0 saturated carbocycles. The van der Waals surface area contributed by atoms with Crippen LogP contribution in [0.15, 0.2) is 33.6 Å². The average Bonchev–Trinajstić information content (AvgIpc) is 3.02. The average molecular weight is 433 g/mol. The summed E-state index contributed by atoms with van der Waals surface area (Å²) in [5.74, 6) is -0.945. The van der Waals surface area contributed by atoms with Crippen molar-refractivity contribution in [3.8, 4) is 0 Å². The predicted octanol–water partition coefficient (Wildman–Crippen LogP) is 2.05. The quantitative estimate of drug-likeness (QED) is 0.572. The van der Waals surface area contributed by atoms with Crippen LogP contribution in [0.25, 0.3) is 11.1 Å². The molecule has 2 aromatic heterocycles. The van der Waals surface area contributed by atoms with Gasteiger partial charge in [-0.1, -0.05) is 0 Å². The second-order valence-corrected chi connectivity index (χ2v) is 8.35. The van der Waals surface area contributed by atoms with Crippen molar-refractivity contribution in [2.24, 2.45) is 0 Å². The molecule has 3 rings (SSSR count). The zero-order chi connectivity index (χ0) is 22.1. The number of nitrogens with two attached hydrogens (primary N) is 1. The lowest BCUT2D eigenvalue weighted by molar-refractivity contribution is 0.0461. The summed E-state index contributed by atoms with van der Waals surface area (Å²) in [6.07, 6.45) is 1.07. The van der Waals surface area contributed by atoms with Crippen molar-refractivity contribution in [1.82, 2.24) is 9.97 Å². The molecule has 2 N–H and O–H groups in total. The van der Waals surface area contributed by atoms with Crippen molar-refractivity contribution in [1.29, 1.82) is 0 Å². The van der Waals surface area contributed by atoms with E-state index in [9.17, 15) is 18.0 Å². The molecule has 0 atom stereocenters. The number of aryl methyl sites for hydroxylation is 1. The van der Waals surface area contributed by atoms with Crippen LogP contribution in [0.1, 0.15) is 39.2 Å². The number of sulfone groups is 1. The minimum absolute atomic E-state index is 0.0107. The standard InChI is InChI=1S/C19H19N3O7S/c1-4-27-19(24)14-10(2)29-17-15(14)16(20)21-13(22-17)9-28-18(23)11-5-7-12(8-6-11)30(3,25)26/h5-8H,4,9H2,1-3H3,(H2,20,21,22). The molecule has 0 radical (unpaired) electrons. The first-order valence-corrected chi connectivity index (χ1v) is 10.7. The van der Waals surface area contributed by atoms with Crippen LogP contribution in [0.4, 0.5) is 5.82 Å². The highest BCUT2D eigenvalue weighted by Gasteiger charge is 2.24. The number of fused-ring (bicyclic) bond motifs is 1. The third-order valence-electron chi connectivity index (χ3n) is 4.13. The summed E-state index contributed by atoms with van der Waals surface area (Å²) in [4.78, 5) is 32.7. The lowest BCUT2D eigenvalue weighted by Crippen LogP contribution is -2.10. The van der Waals surface area contributed by atoms with E-state index in [2.05, 4.69) is 9.97 Å². The van der Waals surface area contributed by atoms with Crippen molar-refractivity contribution in [3.63, 3.8) is 0 Å². The van der Waals surface area contributed by atoms with E-state index in [1.807, 2.05) is 0 Å². The number of carbonyl (C=O) groups excluding carboxylic acids is 2. The van der Waals surface area contributed by atoms with Gasteiger partial charge in [-0.15, -0.1) is 0 Å². The summed E-state index contributed by atoms with van der Waals surface area (Å²) in [5, 5.41) is 0.234. The fourth-order valence-electron chi connectivity index (χ4n) is 2.75. The van der Waals surface area contributed by atoms with Crippen LogP contribution in [0.5, 0.6) is 0 Å². The van der Waals surface area contributed by atoms with Crippen LogP contribution in [0.2, 0.25) is 0 Å². The summed E-state index contributed by atoms with van der Waals surface area (Å²) in [7, 11) is -3.37. The maximum atomic E-state index is 12.2. The molecule has 0 spiro atoms. The normalized spacial score (nSPS) is 11.4. The molecule has 30 heavy (non-hydrogen) atoms. The van der Waals surface area contributed by atoms with E-state index in [0.29, 0.717) is 0 Å². The van der Waals surface area contributed by atoms with E-state index in [-0.39, 0.29) is 57.7 Å². The van der Waals surface area contributed by atoms with E-state index in [1.165, 1.54) is 24.3 Å². The molecule has 10 nitrogen and oxygen atoms in total. The van der Waals surface area contributed by atoms with E-state index >= 15 is 0 Å². The number of rotatable bonds is 6. The molecule has 0 aliphatic heterocycles. The molecule has 0 aliphatic rings. The van der Waals surface area contributed by atoms with Gasteiger partial charge in [0, 0.05) is 6.26 Å². The molecule has 158 valence electrons. The lowest BCUT2D eigenvalue weighted by Gasteiger charge is -2.06. The minimum atomic E-state index is -3.37. The van der Waals surface area contributed by atoms with Crippen LogP contribution in [0, 0.1) is 6.92 Å². The maximum Gasteiger partial charge on any atom is 0.342 e. The van der Waals surface area contributed by atoms with Gasteiger partial charge in [0.05, 0.1) is 22.5 Å². The van der Waals surface area contributed by atoms with Crippen LogP contribution < -0.4 is 5.73 Å². The second kappa shape index (κ2) is 8.11. The molecular formula is C19H19N3O7S. The molecule has 0 fully saturated rings. The first kappa shape index (κ1) is 21.2. The van der Waals surface area contributed by atoms with E-state index in [4.69, 9.17) is 19.6 Å². The van der Waals surface area contributed by atoms with Crippen LogP contribution >= 0.6 is 0 Å². The molecule has 0 saturated heterocycles. The Bertz CT molecular complexity index is 1230. The van der Waals surface area contributed by atoms with Crippen molar-refractivity contribution in [2.45, 2.75) is 25.3 Å². The van der Waals surface area contributed by atoms with E-state index in [1.54, 1.807) is 13.8 Å². The highest BCUT2D eigenvalue weighted by Crippen LogP contribution is 2.29.